The Kier molecular flexibility index (Phi) is 4.59. The second-order valence-corrected chi connectivity index (χ2v) is 4.11. The number of rotatable bonds is 3. The molecule has 0 radical (unpaired) electrons. The van der Waals surface area contributed by atoms with Gasteiger partial charge in [-0.25, -0.2) is 0 Å². The highest BCUT2D eigenvalue weighted by Crippen LogP contribution is 2.15. The van der Waals surface area contributed by atoms with E-state index in [1.54, 1.807) is 24.3 Å². The van der Waals surface area contributed by atoms with Gasteiger partial charge in [0.1, 0.15) is 12.4 Å². The molecule has 20 heavy (non-hydrogen) atoms. The van der Waals surface area contributed by atoms with Crippen molar-refractivity contribution >= 4 is 11.6 Å². The third kappa shape index (κ3) is 3.28. The molecule has 0 aliphatic carbocycles. The number of aryl methyl sites for hydroxylation is 1. The second kappa shape index (κ2) is 6.60. The summed E-state index contributed by atoms with van der Waals surface area (Å²) in [7, 11) is 0. The smallest absolute Gasteiger partial charge is 0.259 e. The average molecular weight is 269 g/mol. The molecule has 2 aromatic rings. The highest BCUT2D eigenvalue weighted by molar-refractivity contribution is 6.05. The van der Waals surface area contributed by atoms with Gasteiger partial charge in [-0.2, -0.15) is 0 Å². The van der Waals surface area contributed by atoms with Crippen molar-refractivity contribution in [2.75, 3.05) is 11.9 Å². The first-order chi connectivity index (χ1) is 9.74. The highest BCUT2D eigenvalue weighted by atomic mass is 16.3. The number of aliphatic hydroxyl groups excluding tert-OH is 1. The van der Waals surface area contributed by atoms with Crippen molar-refractivity contribution in [1.82, 2.24) is 0 Å². The van der Waals surface area contributed by atoms with Crippen LogP contribution in [0, 0.1) is 11.8 Å². The number of amides is 1. The van der Waals surface area contributed by atoms with Gasteiger partial charge in [0.2, 0.25) is 0 Å². The van der Waals surface area contributed by atoms with Gasteiger partial charge in [-0.1, -0.05) is 24.8 Å². The molecule has 4 heteroatoms. The maximum atomic E-state index is 12.1. The van der Waals surface area contributed by atoms with Crippen molar-refractivity contribution in [2.24, 2.45) is 0 Å². The number of benzene rings is 1. The molecule has 0 unspecified atom stereocenters. The number of carbonyl (C=O) groups is 1. The van der Waals surface area contributed by atoms with Crippen LogP contribution < -0.4 is 5.32 Å². The SMILES string of the molecule is CCc1occc1C(=O)Nc1cccc(C#CCO)c1. The van der Waals surface area contributed by atoms with E-state index in [9.17, 15) is 4.79 Å². The molecule has 0 spiro atoms. The fraction of sp³-hybridized carbons (Fsp3) is 0.188. The minimum Gasteiger partial charge on any atom is -0.469 e. The molecule has 0 saturated carbocycles. The van der Waals surface area contributed by atoms with E-state index in [4.69, 9.17) is 9.52 Å². The van der Waals surface area contributed by atoms with Crippen molar-refractivity contribution in [3.63, 3.8) is 0 Å². The van der Waals surface area contributed by atoms with E-state index in [1.165, 1.54) is 6.26 Å². The monoisotopic (exact) mass is 269 g/mol. The van der Waals surface area contributed by atoms with Crippen molar-refractivity contribution in [3.05, 3.63) is 53.5 Å². The molecule has 102 valence electrons. The van der Waals surface area contributed by atoms with Crippen LogP contribution in [0.3, 0.4) is 0 Å². The van der Waals surface area contributed by atoms with Crippen LogP contribution in [-0.2, 0) is 6.42 Å². The number of furan rings is 1. The van der Waals surface area contributed by atoms with Gasteiger partial charge < -0.3 is 14.8 Å². The number of hydrogen-bond acceptors (Lipinski definition) is 3. The first kappa shape index (κ1) is 13.9. The number of nitrogens with one attached hydrogen (secondary N) is 1. The fourth-order valence-corrected chi connectivity index (χ4v) is 1.83. The van der Waals surface area contributed by atoms with Crippen LogP contribution >= 0.6 is 0 Å². The van der Waals surface area contributed by atoms with Crippen molar-refractivity contribution in [1.29, 1.82) is 0 Å². The Morgan fingerprint density at radius 2 is 2.25 bits per heavy atom. The maximum absolute atomic E-state index is 12.1. The van der Waals surface area contributed by atoms with Gasteiger partial charge in [-0.05, 0) is 24.3 Å². The summed E-state index contributed by atoms with van der Waals surface area (Å²) < 4.78 is 5.24. The minimum atomic E-state index is -0.206. The van der Waals surface area contributed by atoms with Gasteiger partial charge in [0.05, 0.1) is 11.8 Å². The van der Waals surface area contributed by atoms with Crippen LogP contribution in [0.2, 0.25) is 0 Å². The number of hydrogen-bond donors (Lipinski definition) is 2. The van der Waals surface area contributed by atoms with Crippen LogP contribution in [0.25, 0.3) is 0 Å². The lowest BCUT2D eigenvalue weighted by Crippen LogP contribution is -2.12. The molecule has 1 amide bonds. The summed E-state index contributed by atoms with van der Waals surface area (Å²) in [6.07, 6.45) is 2.18. The summed E-state index contributed by atoms with van der Waals surface area (Å²) in [5.41, 5.74) is 1.93. The first-order valence-electron chi connectivity index (χ1n) is 6.32. The molecular formula is C16H15NO3. The topological polar surface area (TPSA) is 62.5 Å². The van der Waals surface area contributed by atoms with E-state index in [1.807, 2.05) is 13.0 Å². The Bertz CT molecular complexity index is 662. The van der Waals surface area contributed by atoms with Crippen LogP contribution in [-0.4, -0.2) is 17.6 Å². The Balaban J connectivity index is 2.16. The third-order valence-electron chi connectivity index (χ3n) is 2.74. The van der Waals surface area contributed by atoms with E-state index >= 15 is 0 Å². The zero-order chi connectivity index (χ0) is 14.4. The Morgan fingerprint density at radius 1 is 1.40 bits per heavy atom. The molecule has 1 aromatic carbocycles. The molecule has 1 heterocycles. The molecule has 0 saturated heterocycles. The molecule has 0 fully saturated rings. The molecular weight excluding hydrogens is 254 g/mol. The number of aliphatic hydroxyl groups is 1. The lowest BCUT2D eigenvalue weighted by molar-refractivity contribution is 0.102. The van der Waals surface area contributed by atoms with Gasteiger partial charge in [0.25, 0.3) is 5.91 Å². The van der Waals surface area contributed by atoms with Crippen LogP contribution in [0.4, 0.5) is 5.69 Å². The lowest BCUT2D eigenvalue weighted by atomic mass is 10.1. The maximum Gasteiger partial charge on any atom is 0.259 e. The van der Waals surface area contributed by atoms with Gasteiger partial charge in [0.15, 0.2) is 0 Å². The number of carbonyl (C=O) groups excluding carboxylic acids is 1. The van der Waals surface area contributed by atoms with Crippen molar-refractivity contribution < 1.29 is 14.3 Å². The molecule has 4 nitrogen and oxygen atoms in total. The summed E-state index contributed by atoms with van der Waals surface area (Å²) >= 11 is 0. The van der Waals surface area contributed by atoms with Crippen LogP contribution in [0.5, 0.6) is 0 Å². The van der Waals surface area contributed by atoms with E-state index in [0.717, 1.165) is 5.56 Å². The van der Waals surface area contributed by atoms with Crippen molar-refractivity contribution in [2.45, 2.75) is 13.3 Å². The largest absolute Gasteiger partial charge is 0.469 e. The first-order valence-corrected chi connectivity index (χ1v) is 6.32. The summed E-state index contributed by atoms with van der Waals surface area (Å²) in [5.74, 6) is 5.82. The zero-order valence-electron chi connectivity index (χ0n) is 11.1. The van der Waals surface area contributed by atoms with Crippen LogP contribution in [0.1, 0.15) is 28.6 Å². The lowest BCUT2D eigenvalue weighted by Gasteiger charge is -2.05. The Hall–Kier alpha value is -2.51. The van der Waals surface area contributed by atoms with Crippen molar-refractivity contribution in [3.8, 4) is 11.8 Å². The predicted molar refractivity (Wildman–Crippen MR) is 76.4 cm³/mol. The molecule has 0 atom stereocenters. The third-order valence-corrected chi connectivity index (χ3v) is 2.74. The van der Waals surface area contributed by atoms with E-state index in [2.05, 4.69) is 17.2 Å². The molecule has 2 N–H and O–H groups in total. The number of anilines is 1. The Morgan fingerprint density at radius 3 is 3.00 bits per heavy atom. The summed E-state index contributed by atoms with van der Waals surface area (Å²) in [6, 6.07) is 8.81. The minimum absolute atomic E-state index is 0.189. The molecule has 1 aromatic heterocycles. The predicted octanol–water partition coefficient (Wildman–Crippen LogP) is 2.44. The van der Waals surface area contributed by atoms with Gasteiger partial charge in [-0.15, -0.1) is 0 Å². The van der Waals surface area contributed by atoms with Gasteiger partial charge in [0, 0.05) is 17.7 Å². The van der Waals surface area contributed by atoms with Gasteiger partial charge >= 0.3 is 0 Å². The summed E-state index contributed by atoms with van der Waals surface area (Å²) in [5, 5.41) is 11.5. The standard InChI is InChI=1S/C16H15NO3/c1-2-15-14(8-10-20-15)16(19)17-13-7-3-5-12(11-13)6-4-9-18/h3,5,7-8,10-11,18H,2,9H2,1H3,(H,17,19). The Labute approximate surface area is 117 Å². The van der Waals surface area contributed by atoms with Gasteiger partial charge in [-0.3, -0.25) is 4.79 Å². The zero-order valence-corrected chi connectivity index (χ0v) is 11.1. The molecule has 2 rings (SSSR count). The summed E-state index contributed by atoms with van der Waals surface area (Å²) in [6.45, 7) is 1.74. The normalized spacial score (nSPS) is 9.70. The van der Waals surface area contributed by atoms with E-state index < -0.39 is 0 Å². The molecule has 0 bridgehead atoms. The van der Waals surface area contributed by atoms with E-state index in [0.29, 0.717) is 23.4 Å². The fourth-order valence-electron chi connectivity index (χ4n) is 1.83. The quantitative estimate of drug-likeness (QED) is 0.841. The van der Waals surface area contributed by atoms with E-state index in [-0.39, 0.29) is 12.5 Å². The van der Waals surface area contributed by atoms with Crippen LogP contribution in [0.15, 0.2) is 41.0 Å². The highest BCUT2D eigenvalue weighted by Gasteiger charge is 2.13. The summed E-state index contributed by atoms with van der Waals surface area (Å²) in [4.78, 5) is 12.1. The molecule has 0 aliphatic rings. The molecule has 0 aliphatic heterocycles. The second-order valence-electron chi connectivity index (χ2n) is 4.11. The average Bonchev–Trinajstić information content (AvgIpc) is 2.94.